The summed E-state index contributed by atoms with van der Waals surface area (Å²) in [6, 6.07) is 9.40. The molecule has 1 aliphatic carbocycles. The van der Waals surface area contributed by atoms with Gasteiger partial charge in [0.15, 0.2) is 0 Å². The maximum Gasteiger partial charge on any atom is 0.230 e. The number of para-hydroxylation sites is 1. The number of carbonyl (C=O) groups excluding carboxylic acids is 2. The van der Waals surface area contributed by atoms with E-state index in [1.165, 1.54) is 0 Å². The van der Waals surface area contributed by atoms with Crippen molar-refractivity contribution in [2.75, 3.05) is 11.4 Å². The van der Waals surface area contributed by atoms with E-state index in [0.717, 1.165) is 18.5 Å². The number of rotatable bonds is 4. The monoisotopic (exact) mass is 274 g/mol. The second kappa shape index (κ2) is 6.55. The molecule has 0 N–H and O–H groups in total. The quantitative estimate of drug-likeness (QED) is 0.837. The maximum absolute atomic E-state index is 12.7. The van der Waals surface area contributed by atoms with E-state index >= 15 is 0 Å². The Bertz CT molecular complexity index is 472. The third kappa shape index (κ3) is 3.00. The van der Waals surface area contributed by atoms with Crippen molar-refractivity contribution in [2.24, 2.45) is 11.8 Å². The second-order valence-corrected chi connectivity index (χ2v) is 5.23. The van der Waals surface area contributed by atoms with Gasteiger partial charge in [-0.25, -0.2) is 0 Å². The van der Waals surface area contributed by atoms with Crippen LogP contribution in [0.4, 0.5) is 5.69 Å². The molecule has 1 aliphatic rings. The van der Waals surface area contributed by atoms with Crippen LogP contribution in [0.2, 0.25) is 0 Å². The lowest BCUT2D eigenvalue weighted by atomic mass is 9.78. The van der Waals surface area contributed by atoms with Crippen LogP contribution in [0.1, 0.15) is 32.6 Å². The number of carboxylic acids is 1. The van der Waals surface area contributed by atoms with Crippen LogP contribution < -0.4 is 10.0 Å². The number of carboxylic acid groups (broad SMARTS) is 1. The molecule has 4 nitrogen and oxygen atoms in total. The van der Waals surface area contributed by atoms with E-state index < -0.39 is 17.8 Å². The normalized spacial score (nSPS) is 22.2. The molecule has 2 rings (SSSR count). The van der Waals surface area contributed by atoms with Gasteiger partial charge in [0.2, 0.25) is 5.91 Å². The van der Waals surface area contributed by atoms with Crippen molar-refractivity contribution in [1.82, 2.24) is 0 Å². The van der Waals surface area contributed by atoms with Gasteiger partial charge in [0.05, 0.1) is 0 Å². The third-order valence-corrected chi connectivity index (χ3v) is 4.04. The molecule has 1 aromatic carbocycles. The average Bonchev–Trinajstić information content (AvgIpc) is 2.49. The molecule has 0 bridgehead atoms. The van der Waals surface area contributed by atoms with Crippen LogP contribution in [0.15, 0.2) is 30.3 Å². The first-order valence-corrected chi connectivity index (χ1v) is 7.22. The Kier molecular flexibility index (Phi) is 4.77. The first kappa shape index (κ1) is 14.6. The van der Waals surface area contributed by atoms with Crippen molar-refractivity contribution in [2.45, 2.75) is 32.6 Å². The summed E-state index contributed by atoms with van der Waals surface area (Å²) in [6.07, 6.45) is 2.96. The smallest absolute Gasteiger partial charge is 0.230 e. The summed E-state index contributed by atoms with van der Waals surface area (Å²) in [5, 5.41) is 11.2. The number of anilines is 1. The fraction of sp³-hybridized carbons (Fsp3) is 0.500. The number of hydrogen-bond acceptors (Lipinski definition) is 3. The Morgan fingerprint density at radius 3 is 2.30 bits per heavy atom. The first-order valence-electron chi connectivity index (χ1n) is 7.22. The van der Waals surface area contributed by atoms with Gasteiger partial charge in [-0.2, -0.15) is 0 Å². The fourth-order valence-corrected chi connectivity index (χ4v) is 2.98. The minimum atomic E-state index is -1.09. The summed E-state index contributed by atoms with van der Waals surface area (Å²) in [7, 11) is 0. The van der Waals surface area contributed by atoms with Crippen molar-refractivity contribution >= 4 is 17.6 Å². The van der Waals surface area contributed by atoms with Crippen LogP contribution in [0.25, 0.3) is 0 Å². The van der Waals surface area contributed by atoms with Gasteiger partial charge in [-0.1, -0.05) is 31.0 Å². The fourth-order valence-electron chi connectivity index (χ4n) is 2.98. The lowest BCUT2D eigenvalue weighted by Crippen LogP contribution is -2.46. The molecule has 0 aromatic heterocycles. The minimum Gasteiger partial charge on any atom is -0.550 e. The number of nitrogens with zero attached hydrogens (tertiary/aromatic N) is 1. The number of amides is 1. The molecule has 4 heteroatoms. The topological polar surface area (TPSA) is 60.4 Å². The zero-order valence-corrected chi connectivity index (χ0v) is 11.7. The highest BCUT2D eigenvalue weighted by Gasteiger charge is 2.34. The lowest BCUT2D eigenvalue weighted by molar-refractivity contribution is -0.313. The Morgan fingerprint density at radius 2 is 1.75 bits per heavy atom. The average molecular weight is 274 g/mol. The standard InChI is InChI=1S/C16H21NO3/c1-2-17(12-8-4-3-5-9-12)15(18)13-10-6-7-11-14(13)16(19)20/h3-5,8-9,13-14H,2,6-7,10-11H2,1H3,(H,19,20)/p-1. The zero-order chi connectivity index (χ0) is 14.5. The van der Waals surface area contributed by atoms with Gasteiger partial charge in [-0.3, -0.25) is 4.79 Å². The van der Waals surface area contributed by atoms with Crippen LogP contribution in [0, 0.1) is 11.8 Å². The maximum atomic E-state index is 12.7. The first-order chi connectivity index (χ1) is 9.65. The predicted molar refractivity (Wildman–Crippen MR) is 74.9 cm³/mol. The van der Waals surface area contributed by atoms with Crippen LogP contribution >= 0.6 is 0 Å². The van der Waals surface area contributed by atoms with E-state index in [0.29, 0.717) is 19.4 Å². The van der Waals surface area contributed by atoms with E-state index in [1.54, 1.807) is 4.90 Å². The van der Waals surface area contributed by atoms with Crippen molar-refractivity contribution in [3.8, 4) is 0 Å². The molecular weight excluding hydrogens is 254 g/mol. The SMILES string of the molecule is CCN(C(=O)C1CCCCC1C(=O)[O-])c1ccccc1. The summed E-state index contributed by atoms with van der Waals surface area (Å²) in [5.74, 6) is -2.28. The van der Waals surface area contributed by atoms with Gasteiger partial charge in [0, 0.05) is 30.0 Å². The number of hydrogen-bond donors (Lipinski definition) is 0. The van der Waals surface area contributed by atoms with Crippen molar-refractivity contribution in [3.63, 3.8) is 0 Å². The summed E-state index contributed by atoms with van der Waals surface area (Å²) in [5.41, 5.74) is 0.822. The zero-order valence-electron chi connectivity index (χ0n) is 11.7. The molecule has 0 saturated heterocycles. The van der Waals surface area contributed by atoms with Gasteiger partial charge in [-0.05, 0) is 31.9 Å². The molecule has 2 atom stereocenters. The van der Waals surface area contributed by atoms with Crippen LogP contribution in [0.3, 0.4) is 0 Å². The molecule has 1 saturated carbocycles. The highest BCUT2D eigenvalue weighted by atomic mass is 16.4. The largest absolute Gasteiger partial charge is 0.550 e. The van der Waals surface area contributed by atoms with Crippen molar-refractivity contribution in [3.05, 3.63) is 30.3 Å². The van der Waals surface area contributed by atoms with E-state index in [1.807, 2.05) is 37.3 Å². The summed E-state index contributed by atoms with van der Waals surface area (Å²) < 4.78 is 0. The Morgan fingerprint density at radius 1 is 1.15 bits per heavy atom. The Balaban J connectivity index is 2.21. The van der Waals surface area contributed by atoms with Gasteiger partial charge in [0.1, 0.15) is 0 Å². The van der Waals surface area contributed by atoms with E-state index in [4.69, 9.17) is 0 Å². The van der Waals surface area contributed by atoms with Crippen molar-refractivity contribution < 1.29 is 14.7 Å². The van der Waals surface area contributed by atoms with Gasteiger partial charge < -0.3 is 14.8 Å². The summed E-state index contributed by atoms with van der Waals surface area (Å²) in [6.45, 7) is 2.45. The number of carbonyl (C=O) groups is 2. The molecular formula is C16H20NO3-. The molecule has 20 heavy (non-hydrogen) atoms. The molecule has 1 aromatic rings. The van der Waals surface area contributed by atoms with Gasteiger partial charge in [-0.15, -0.1) is 0 Å². The Hall–Kier alpha value is -1.84. The van der Waals surface area contributed by atoms with Gasteiger partial charge in [0.25, 0.3) is 0 Å². The molecule has 108 valence electrons. The molecule has 1 amide bonds. The second-order valence-electron chi connectivity index (χ2n) is 5.23. The van der Waals surface area contributed by atoms with Crippen LogP contribution in [-0.4, -0.2) is 18.4 Å². The molecule has 0 heterocycles. The van der Waals surface area contributed by atoms with Crippen LogP contribution in [0.5, 0.6) is 0 Å². The molecule has 0 aliphatic heterocycles. The molecule has 0 radical (unpaired) electrons. The predicted octanol–water partition coefficient (Wildman–Crippen LogP) is 1.60. The van der Waals surface area contributed by atoms with E-state index in [2.05, 4.69) is 0 Å². The van der Waals surface area contributed by atoms with Crippen molar-refractivity contribution in [1.29, 1.82) is 0 Å². The Labute approximate surface area is 119 Å². The number of benzene rings is 1. The highest BCUT2D eigenvalue weighted by molar-refractivity contribution is 5.97. The molecule has 2 unspecified atom stereocenters. The minimum absolute atomic E-state index is 0.0902. The summed E-state index contributed by atoms with van der Waals surface area (Å²) in [4.78, 5) is 25.6. The number of aliphatic carboxylic acids is 1. The third-order valence-electron chi connectivity index (χ3n) is 4.04. The van der Waals surface area contributed by atoms with E-state index in [-0.39, 0.29) is 5.91 Å². The van der Waals surface area contributed by atoms with Crippen LogP contribution in [-0.2, 0) is 9.59 Å². The summed E-state index contributed by atoms with van der Waals surface area (Å²) >= 11 is 0. The highest BCUT2D eigenvalue weighted by Crippen LogP contribution is 2.32. The lowest BCUT2D eigenvalue weighted by Gasteiger charge is -2.34. The molecule has 0 spiro atoms. The van der Waals surface area contributed by atoms with Gasteiger partial charge >= 0.3 is 0 Å². The molecule has 1 fully saturated rings. The van der Waals surface area contributed by atoms with E-state index in [9.17, 15) is 14.7 Å².